The molecule has 0 unspecified atom stereocenters. The van der Waals surface area contributed by atoms with Gasteiger partial charge in [0.05, 0.1) is 22.1 Å². The number of pyridine rings is 1. The molecule has 136 valence electrons. The zero-order valence-electron chi connectivity index (χ0n) is 14.6. The van der Waals surface area contributed by atoms with Gasteiger partial charge in [-0.25, -0.2) is 13.8 Å². The Balaban J connectivity index is 1.42. The van der Waals surface area contributed by atoms with Crippen molar-refractivity contribution in [1.82, 2.24) is 15.0 Å². The van der Waals surface area contributed by atoms with Gasteiger partial charge in [-0.15, -0.1) is 0 Å². The van der Waals surface area contributed by atoms with Crippen LogP contribution in [-0.4, -0.2) is 28.0 Å². The predicted octanol–water partition coefficient (Wildman–Crippen LogP) is 4.77. The van der Waals surface area contributed by atoms with Gasteiger partial charge in [-0.05, 0) is 43.2 Å². The lowest BCUT2D eigenvalue weighted by atomic mass is 9.95. The fourth-order valence-corrected chi connectivity index (χ4v) is 4.00. The standard InChI is InChI=1S/C21H18F2N4/c22-14-5-6-15(23)20-19(14)18(7-10-24-20)27-11-8-13(9-12-27)21-25-16-3-1-2-4-17(16)26-21/h1-7,10,13H,8-9,11-12H2,(H,25,26). The molecule has 1 N–H and O–H groups in total. The molecule has 6 heteroatoms. The van der Waals surface area contributed by atoms with Crippen LogP contribution in [0.1, 0.15) is 24.6 Å². The first-order valence-electron chi connectivity index (χ1n) is 9.13. The second-order valence-electron chi connectivity index (χ2n) is 6.98. The molecule has 0 spiro atoms. The molecule has 1 aliphatic rings. The number of imidazole rings is 1. The summed E-state index contributed by atoms with van der Waals surface area (Å²) in [5.74, 6) is 0.412. The molecule has 0 amide bonds. The van der Waals surface area contributed by atoms with Gasteiger partial charge in [0.25, 0.3) is 0 Å². The number of nitrogens with zero attached hydrogens (tertiary/aromatic N) is 3. The van der Waals surface area contributed by atoms with Gasteiger partial charge < -0.3 is 9.88 Å². The number of benzene rings is 2. The van der Waals surface area contributed by atoms with Crippen LogP contribution in [0.5, 0.6) is 0 Å². The summed E-state index contributed by atoms with van der Waals surface area (Å²) >= 11 is 0. The molecule has 2 aromatic carbocycles. The van der Waals surface area contributed by atoms with Crippen LogP contribution < -0.4 is 4.90 Å². The number of halogens is 2. The highest BCUT2D eigenvalue weighted by molar-refractivity contribution is 5.92. The summed E-state index contributed by atoms with van der Waals surface area (Å²) in [6.07, 6.45) is 3.35. The quantitative estimate of drug-likeness (QED) is 0.557. The van der Waals surface area contributed by atoms with E-state index in [1.807, 2.05) is 24.3 Å². The lowest BCUT2D eigenvalue weighted by Crippen LogP contribution is -2.33. The Bertz CT molecular complexity index is 1100. The van der Waals surface area contributed by atoms with E-state index in [1.54, 1.807) is 12.3 Å². The van der Waals surface area contributed by atoms with Crippen LogP contribution in [0.25, 0.3) is 21.9 Å². The summed E-state index contributed by atoms with van der Waals surface area (Å²) in [6.45, 7) is 1.52. The SMILES string of the molecule is Fc1ccc(F)c2c(N3CCC(c4nc5ccccc5[nH]4)CC3)ccnc12. The summed E-state index contributed by atoms with van der Waals surface area (Å²) < 4.78 is 28.4. The maximum absolute atomic E-state index is 14.4. The zero-order valence-corrected chi connectivity index (χ0v) is 14.6. The third-order valence-electron chi connectivity index (χ3n) is 5.40. The first kappa shape index (κ1) is 16.2. The summed E-state index contributed by atoms with van der Waals surface area (Å²) in [6, 6.07) is 12.1. The fourth-order valence-electron chi connectivity index (χ4n) is 4.00. The molecule has 2 aromatic heterocycles. The van der Waals surface area contributed by atoms with E-state index in [1.165, 1.54) is 6.07 Å². The summed E-state index contributed by atoms with van der Waals surface area (Å²) in [5, 5.41) is 0.264. The van der Waals surface area contributed by atoms with Crippen molar-refractivity contribution >= 4 is 27.6 Å². The Morgan fingerprint density at radius 3 is 2.56 bits per heavy atom. The Labute approximate surface area is 154 Å². The highest BCUT2D eigenvalue weighted by Crippen LogP contribution is 2.34. The van der Waals surface area contributed by atoms with Gasteiger partial charge in [0.2, 0.25) is 0 Å². The zero-order chi connectivity index (χ0) is 18.4. The minimum absolute atomic E-state index is 0.0897. The average Bonchev–Trinajstić information content (AvgIpc) is 3.15. The van der Waals surface area contributed by atoms with Crippen molar-refractivity contribution in [3.8, 4) is 0 Å². The van der Waals surface area contributed by atoms with E-state index in [-0.39, 0.29) is 10.9 Å². The van der Waals surface area contributed by atoms with Gasteiger partial charge in [0.1, 0.15) is 23.0 Å². The number of hydrogen-bond acceptors (Lipinski definition) is 3. The van der Waals surface area contributed by atoms with Gasteiger partial charge in [-0.1, -0.05) is 12.1 Å². The lowest BCUT2D eigenvalue weighted by Gasteiger charge is -2.33. The van der Waals surface area contributed by atoms with E-state index in [4.69, 9.17) is 4.98 Å². The predicted molar refractivity (Wildman–Crippen MR) is 102 cm³/mol. The molecule has 3 heterocycles. The van der Waals surface area contributed by atoms with Crippen molar-refractivity contribution in [3.63, 3.8) is 0 Å². The van der Waals surface area contributed by atoms with Crippen LogP contribution in [0.2, 0.25) is 0 Å². The van der Waals surface area contributed by atoms with Crippen molar-refractivity contribution in [1.29, 1.82) is 0 Å². The van der Waals surface area contributed by atoms with Crippen LogP contribution in [0.4, 0.5) is 14.5 Å². The van der Waals surface area contributed by atoms with Crippen molar-refractivity contribution in [3.05, 3.63) is 66.1 Å². The Morgan fingerprint density at radius 1 is 0.963 bits per heavy atom. The van der Waals surface area contributed by atoms with Crippen LogP contribution >= 0.6 is 0 Å². The molecule has 27 heavy (non-hydrogen) atoms. The maximum Gasteiger partial charge on any atom is 0.149 e. The molecule has 4 aromatic rings. The first-order valence-corrected chi connectivity index (χ1v) is 9.13. The van der Waals surface area contributed by atoms with Crippen molar-refractivity contribution in [2.45, 2.75) is 18.8 Å². The van der Waals surface area contributed by atoms with E-state index in [0.29, 0.717) is 11.6 Å². The second kappa shape index (κ2) is 6.30. The van der Waals surface area contributed by atoms with Gasteiger partial charge >= 0.3 is 0 Å². The molecule has 1 saturated heterocycles. The molecular formula is C21H18F2N4. The van der Waals surface area contributed by atoms with Crippen LogP contribution in [0.15, 0.2) is 48.7 Å². The van der Waals surface area contributed by atoms with Gasteiger partial charge in [0, 0.05) is 25.2 Å². The molecular weight excluding hydrogens is 346 g/mol. The van der Waals surface area contributed by atoms with Crippen molar-refractivity contribution in [2.24, 2.45) is 0 Å². The molecule has 0 saturated carbocycles. The van der Waals surface area contributed by atoms with E-state index in [2.05, 4.69) is 14.9 Å². The number of aromatic nitrogens is 3. The van der Waals surface area contributed by atoms with Gasteiger partial charge in [0.15, 0.2) is 0 Å². The van der Waals surface area contributed by atoms with E-state index >= 15 is 0 Å². The highest BCUT2D eigenvalue weighted by Gasteiger charge is 2.25. The van der Waals surface area contributed by atoms with Gasteiger partial charge in [-0.3, -0.25) is 4.98 Å². The highest BCUT2D eigenvalue weighted by atomic mass is 19.1. The fraction of sp³-hybridized carbons (Fsp3) is 0.238. The molecule has 4 nitrogen and oxygen atoms in total. The van der Waals surface area contributed by atoms with Gasteiger partial charge in [-0.2, -0.15) is 0 Å². The molecule has 1 aliphatic heterocycles. The Morgan fingerprint density at radius 2 is 1.74 bits per heavy atom. The van der Waals surface area contributed by atoms with Crippen LogP contribution in [0, 0.1) is 11.6 Å². The average molecular weight is 364 g/mol. The first-order chi connectivity index (χ1) is 13.2. The smallest absolute Gasteiger partial charge is 0.149 e. The molecule has 0 radical (unpaired) electrons. The van der Waals surface area contributed by atoms with E-state index in [9.17, 15) is 8.78 Å². The summed E-state index contributed by atoms with van der Waals surface area (Å²) in [5.41, 5.74) is 2.83. The Kier molecular flexibility index (Phi) is 3.77. The lowest BCUT2D eigenvalue weighted by molar-refractivity contribution is 0.490. The molecule has 0 aliphatic carbocycles. The largest absolute Gasteiger partial charge is 0.371 e. The third-order valence-corrected chi connectivity index (χ3v) is 5.40. The maximum atomic E-state index is 14.4. The topological polar surface area (TPSA) is 44.8 Å². The molecule has 1 fully saturated rings. The number of rotatable bonds is 2. The van der Waals surface area contributed by atoms with Crippen LogP contribution in [0.3, 0.4) is 0 Å². The van der Waals surface area contributed by atoms with E-state index < -0.39 is 11.6 Å². The number of anilines is 1. The molecule has 0 atom stereocenters. The van der Waals surface area contributed by atoms with Crippen molar-refractivity contribution in [2.75, 3.05) is 18.0 Å². The summed E-state index contributed by atoms with van der Waals surface area (Å²) in [4.78, 5) is 14.3. The number of nitrogens with one attached hydrogen (secondary N) is 1. The number of fused-ring (bicyclic) bond motifs is 2. The number of para-hydroxylation sites is 2. The number of piperidine rings is 1. The molecule has 5 rings (SSSR count). The minimum atomic E-state index is -0.495. The Hall–Kier alpha value is -3.02. The number of aromatic amines is 1. The monoisotopic (exact) mass is 364 g/mol. The number of H-pyrrole nitrogens is 1. The third kappa shape index (κ3) is 2.72. The van der Waals surface area contributed by atoms with E-state index in [0.717, 1.165) is 48.9 Å². The molecule has 0 bridgehead atoms. The minimum Gasteiger partial charge on any atom is -0.371 e. The van der Waals surface area contributed by atoms with Crippen LogP contribution in [-0.2, 0) is 0 Å². The normalized spacial score (nSPS) is 15.7. The van der Waals surface area contributed by atoms with Crippen molar-refractivity contribution < 1.29 is 8.78 Å². The number of hydrogen-bond donors (Lipinski definition) is 1. The summed E-state index contributed by atoms with van der Waals surface area (Å²) in [7, 11) is 0. The second-order valence-corrected chi connectivity index (χ2v) is 6.98.